The Morgan fingerprint density at radius 2 is 1.91 bits per heavy atom. The van der Waals surface area contributed by atoms with Gasteiger partial charge < -0.3 is 10.2 Å². The second-order valence-corrected chi connectivity index (χ2v) is 5.46. The number of anilines is 3. The van der Waals surface area contributed by atoms with Crippen LogP contribution in [0.5, 0.6) is 0 Å². The van der Waals surface area contributed by atoms with Gasteiger partial charge in [0.25, 0.3) is 0 Å². The van der Waals surface area contributed by atoms with Gasteiger partial charge in [-0.05, 0) is 44.0 Å². The number of aromatic nitrogens is 5. The fraction of sp³-hybridized carbons (Fsp3) is 0.333. The lowest BCUT2D eigenvalue weighted by Crippen LogP contribution is -2.18. The van der Waals surface area contributed by atoms with Gasteiger partial charge in [0, 0.05) is 13.1 Å². The van der Waals surface area contributed by atoms with Gasteiger partial charge in [0.05, 0.1) is 11.9 Å². The Morgan fingerprint density at radius 1 is 1.05 bits per heavy atom. The first-order valence-electron chi connectivity index (χ1n) is 7.47. The van der Waals surface area contributed by atoms with Crippen molar-refractivity contribution >= 4 is 23.0 Å². The van der Waals surface area contributed by atoms with Gasteiger partial charge in [-0.15, -0.1) is 15.3 Å². The molecule has 0 spiro atoms. The van der Waals surface area contributed by atoms with Crippen LogP contribution in [0.1, 0.15) is 18.7 Å². The zero-order valence-electron chi connectivity index (χ0n) is 12.4. The molecule has 4 rings (SSSR count). The zero-order chi connectivity index (χ0) is 14.9. The third-order valence-electron chi connectivity index (χ3n) is 3.87. The fourth-order valence-electron chi connectivity index (χ4n) is 2.70. The van der Waals surface area contributed by atoms with Crippen molar-refractivity contribution in [2.45, 2.75) is 19.8 Å². The molecule has 1 aliphatic rings. The van der Waals surface area contributed by atoms with E-state index in [-0.39, 0.29) is 0 Å². The van der Waals surface area contributed by atoms with Crippen LogP contribution in [-0.2, 0) is 0 Å². The Balaban J connectivity index is 1.55. The van der Waals surface area contributed by atoms with Crippen molar-refractivity contribution in [2.24, 2.45) is 0 Å². The average molecular weight is 295 g/mol. The molecule has 0 unspecified atom stereocenters. The average Bonchev–Trinajstić information content (AvgIpc) is 3.19. The van der Waals surface area contributed by atoms with E-state index >= 15 is 0 Å². The topological polar surface area (TPSA) is 71.2 Å². The van der Waals surface area contributed by atoms with Gasteiger partial charge in [0.2, 0.25) is 0 Å². The molecular weight excluding hydrogens is 278 g/mol. The molecule has 3 aromatic heterocycles. The number of nitrogens with zero attached hydrogens (tertiary/aromatic N) is 6. The van der Waals surface area contributed by atoms with Crippen LogP contribution >= 0.6 is 0 Å². The van der Waals surface area contributed by atoms with Crippen LogP contribution in [0.15, 0.2) is 30.5 Å². The first-order chi connectivity index (χ1) is 10.8. The first-order valence-corrected chi connectivity index (χ1v) is 7.47. The van der Waals surface area contributed by atoms with Gasteiger partial charge in [-0.1, -0.05) is 0 Å². The van der Waals surface area contributed by atoms with E-state index in [1.807, 2.05) is 31.3 Å². The van der Waals surface area contributed by atoms with Crippen LogP contribution in [0.3, 0.4) is 0 Å². The van der Waals surface area contributed by atoms with Crippen molar-refractivity contribution < 1.29 is 0 Å². The second-order valence-electron chi connectivity index (χ2n) is 5.46. The molecular formula is C15H17N7. The van der Waals surface area contributed by atoms with Crippen molar-refractivity contribution in [2.75, 3.05) is 23.3 Å². The minimum atomic E-state index is 0.741. The highest BCUT2D eigenvalue weighted by atomic mass is 15.4. The van der Waals surface area contributed by atoms with Gasteiger partial charge in [0.15, 0.2) is 17.3 Å². The summed E-state index contributed by atoms with van der Waals surface area (Å²) in [5, 5.41) is 15.8. The van der Waals surface area contributed by atoms with Crippen LogP contribution in [0.4, 0.5) is 17.3 Å². The van der Waals surface area contributed by atoms with E-state index in [2.05, 4.69) is 36.6 Å². The SMILES string of the molecule is Cc1nnc2ccc(Nc3ccc(N4CCCC4)nc3)nn12. The van der Waals surface area contributed by atoms with E-state index in [0.29, 0.717) is 0 Å². The van der Waals surface area contributed by atoms with E-state index < -0.39 is 0 Å². The summed E-state index contributed by atoms with van der Waals surface area (Å²) in [5.74, 6) is 2.55. The summed E-state index contributed by atoms with van der Waals surface area (Å²) in [7, 11) is 0. The maximum absolute atomic E-state index is 4.53. The van der Waals surface area contributed by atoms with Crippen molar-refractivity contribution in [1.29, 1.82) is 0 Å². The molecule has 0 bridgehead atoms. The maximum atomic E-state index is 4.53. The highest BCUT2D eigenvalue weighted by molar-refractivity contribution is 5.58. The molecule has 1 N–H and O–H groups in total. The molecule has 0 atom stereocenters. The Labute approximate surface area is 128 Å². The first kappa shape index (κ1) is 13.0. The lowest BCUT2D eigenvalue weighted by atomic mass is 10.3. The summed E-state index contributed by atoms with van der Waals surface area (Å²) >= 11 is 0. The minimum absolute atomic E-state index is 0.741. The summed E-state index contributed by atoms with van der Waals surface area (Å²) in [6.45, 7) is 4.08. The molecule has 3 aromatic rings. The van der Waals surface area contributed by atoms with E-state index in [4.69, 9.17) is 0 Å². The van der Waals surface area contributed by atoms with E-state index in [9.17, 15) is 0 Å². The number of pyridine rings is 1. The highest BCUT2D eigenvalue weighted by Gasteiger charge is 2.13. The van der Waals surface area contributed by atoms with Gasteiger partial charge >= 0.3 is 0 Å². The summed E-state index contributed by atoms with van der Waals surface area (Å²) < 4.78 is 1.72. The van der Waals surface area contributed by atoms with Crippen molar-refractivity contribution in [3.8, 4) is 0 Å². The van der Waals surface area contributed by atoms with Gasteiger partial charge in [-0.3, -0.25) is 0 Å². The Hall–Kier alpha value is -2.70. The van der Waals surface area contributed by atoms with Crippen LogP contribution in [-0.4, -0.2) is 37.9 Å². The molecule has 0 aromatic carbocycles. The number of hydrogen-bond donors (Lipinski definition) is 1. The monoisotopic (exact) mass is 295 g/mol. The third kappa shape index (κ3) is 2.34. The van der Waals surface area contributed by atoms with Gasteiger partial charge in [0.1, 0.15) is 5.82 Å². The van der Waals surface area contributed by atoms with E-state index in [1.54, 1.807) is 4.52 Å². The number of nitrogens with one attached hydrogen (secondary N) is 1. The van der Waals surface area contributed by atoms with Gasteiger partial charge in [-0.25, -0.2) is 4.98 Å². The quantitative estimate of drug-likeness (QED) is 0.798. The number of fused-ring (bicyclic) bond motifs is 1. The standard InChI is InChI=1S/C15H17N7/c1-11-18-19-15-7-5-13(20-22(11)15)17-12-4-6-14(16-10-12)21-8-2-3-9-21/h4-7,10H,2-3,8-9H2,1H3,(H,17,20). The largest absolute Gasteiger partial charge is 0.357 e. The summed E-state index contributed by atoms with van der Waals surface area (Å²) in [6.07, 6.45) is 4.35. The maximum Gasteiger partial charge on any atom is 0.178 e. The zero-order valence-corrected chi connectivity index (χ0v) is 12.4. The molecule has 0 saturated carbocycles. The second kappa shape index (κ2) is 5.25. The Morgan fingerprint density at radius 3 is 2.68 bits per heavy atom. The normalized spacial score (nSPS) is 14.7. The van der Waals surface area contributed by atoms with Crippen LogP contribution in [0.25, 0.3) is 5.65 Å². The van der Waals surface area contributed by atoms with E-state index in [1.165, 1.54) is 12.8 Å². The molecule has 22 heavy (non-hydrogen) atoms. The summed E-state index contributed by atoms with van der Waals surface area (Å²) in [5.41, 5.74) is 1.66. The van der Waals surface area contributed by atoms with Crippen molar-refractivity contribution in [1.82, 2.24) is 24.8 Å². The Kier molecular flexibility index (Phi) is 3.10. The number of rotatable bonds is 3. The van der Waals surface area contributed by atoms with Crippen molar-refractivity contribution in [3.63, 3.8) is 0 Å². The smallest absolute Gasteiger partial charge is 0.178 e. The predicted molar refractivity (Wildman–Crippen MR) is 84.5 cm³/mol. The lowest BCUT2D eigenvalue weighted by Gasteiger charge is -2.16. The molecule has 4 heterocycles. The molecule has 0 radical (unpaired) electrons. The summed E-state index contributed by atoms with van der Waals surface area (Å²) in [6, 6.07) is 7.86. The molecule has 7 heteroatoms. The molecule has 112 valence electrons. The number of hydrogen-bond acceptors (Lipinski definition) is 6. The van der Waals surface area contributed by atoms with Gasteiger partial charge in [-0.2, -0.15) is 4.52 Å². The molecule has 1 saturated heterocycles. The van der Waals surface area contributed by atoms with Crippen LogP contribution in [0.2, 0.25) is 0 Å². The minimum Gasteiger partial charge on any atom is -0.357 e. The van der Waals surface area contributed by atoms with E-state index in [0.717, 1.165) is 41.9 Å². The molecule has 7 nitrogen and oxygen atoms in total. The molecule has 0 aliphatic carbocycles. The predicted octanol–water partition coefficient (Wildman–Crippen LogP) is 2.17. The highest BCUT2D eigenvalue weighted by Crippen LogP contribution is 2.20. The van der Waals surface area contributed by atoms with Crippen LogP contribution < -0.4 is 10.2 Å². The molecule has 1 fully saturated rings. The number of aryl methyl sites for hydroxylation is 1. The van der Waals surface area contributed by atoms with Crippen molar-refractivity contribution in [3.05, 3.63) is 36.3 Å². The Bertz CT molecular complexity index is 787. The molecule has 1 aliphatic heterocycles. The third-order valence-corrected chi connectivity index (χ3v) is 3.87. The fourth-order valence-corrected chi connectivity index (χ4v) is 2.70. The van der Waals surface area contributed by atoms with Crippen LogP contribution in [0, 0.1) is 6.92 Å². The summed E-state index contributed by atoms with van der Waals surface area (Å²) in [4.78, 5) is 6.84. The lowest BCUT2D eigenvalue weighted by molar-refractivity contribution is 0.879. The molecule has 0 amide bonds.